The van der Waals surface area contributed by atoms with Crippen molar-refractivity contribution in [2.24, 2.45) is 0 Å². The van der Waals surface area contributed by atoms with Gasteiger partial charge in [-0.2, -0.15) is 0 Å². The number of benzene rings is 9. The smallest absolute Gasteiger partial charge is 0.0467 e. The van der Waals surface area contributed by atoms with Crippen LogP contribution in [0.15, 0.2) is 212 Å². The maximum Gasteiger partial charge on any atom is 0.0467 e. The van der Waals surface area contributed by atoms with Crippen LogP contribution in [0.25, 0.3) is 66.1 Å². The zero-order valence-electron chi connectivity index (χ0n) is 28.2. The summed E-state index contributed by atoms with van der Waals surface area (Å²) < 4.78 is 0. The quantitative estimate of drug-likeness (QED) is 0.166. The third-order valence-electron chi connectivity index (χ3n) is 9.84. The average Bonchev–Trinajstić information content (AvgIpc) is 3.21. The first-order valence-electron chi connectivity index (χ1n) is 17.5. The van der Waals surface area contributed by atoms with Crippen LogP contribution in [0, 0.1) is 0 Å². The lowest BCUT2D eigenvalue weighted by molar-refractivity contribution is 1.28. The van der Waals surface area contributed by atoms with Crippen molar-refractivity contribution >= 4 is 38.6 Å². The predicted octanol–water partition coefficient (Wildman–Crippen LogP) is 14.1. The van der Waals surface area contributed by atoms with E-state index in [4.69, 9.17) is 0 Å². The van der Waals surface area contributed by atoms with Gasteiger partial charge in [-0.05, 0) is 102 Å². The van der Waals surface area contributed by atoms with Crippen LogP contribution >= 0.6 is 0 Å². The fourth-order valence-corrected chi connectivity index (χ4v) is 7.34. The van der Waals surface area contributed by atoms with Gasteiger partial charge in [0, 0.05) is 17.1 Å². The van der Waals surface area contributed by atoms with E-state index >= 15 is 0 Å². The summed E-state index contributed by atoms with van der Waals surface area (Å²) in [7, 11) is 0. The number of hydrogen-bond acceptors (Lipinski definition) is 1. The lowest BCUT2D eigenvalue weighted by atomic mass is 9.96. The molecule has 0 saturated heterocycles. The SMILES string of the molecule is c1ccc(-c2ccc(-c3cccc(N(c4cccc(-c5cccc6ccccc56)c4)c4cccc(-c5cccc6ccccc56)c4)c3)cc2)cc1. The molecule has 0 aromatic heterocycles. The Kier molecular flexibility index (Phi) is 7.92. The Morgan fingerprint density at radius 2 is 0.588 bits per heavy atom. The van der Waals surface area contributed by atoms with E-state index in [0.717, 1.165) is 17.1 Å². The molecular weight excluding hydrogens is 615 g/mol. The molecule has 0 aliphatic rings. The van der Waals surface area contributed by atoms with Crippen molar-refractivity contribution in [3.63, 3.8) is 0 Å². The number of nitrogens with zero attached hydrogens (tertiary/aromatic N) is 1. The van der Waals surface area contributed by atoms with Crippen molar-refractivity contribution in [2.75, 3.05) is 4.90 Å². The Bertz CT molecular complexity index is 2500. The van der Waals surface area contributed by atoms with Crippen molar-refractivity contribution < 1.29 is 0 Å². The molecule has 0 saturated carbocycles. The molecule has 0 spiro atoms. The summed E-state index contributed by atoms with van der Waals surface area (Å²) in [5, 5.41) is 4.99. The topological polar surface area (TPSA) is 3.24 Å². The van der Waals surface area contributed by atoms with Gasteiger partial charge in [0.1, 0.15) is 0 Å². The van der Waals surface area contributed by atoms with E-state index in [-0.39, 0.29) is 0 Å². The van der Waals surface area contributed by atoms with Gasteiger partial charge in [-0.1, -0.05) is 176 Å². The van der Waals surface area contributed by atoms with Crippen molar-refractivity contribution in [3.8, 4) is 44.5 Å². The maximum atomic E-state index is 2.39. The molecule has 0 radical (unpaired) electrons. The van der Waals surface area contributed by atoms with E-state index in [9.17, 15) is 0 Å². The lowest BCUT2D eigenvalue weighted by Crippen LogP contribution is -2.10. The van der Waals surface area contributed by atoms with Gasteiger partial charge in [0.2, 0.25) is 0 Å². The minimum absolute atomic E-state index is 1.10. The first-order chi connectivity index (χ1) is 25.3. The molecule has 0 aliphatic heterocycles. The van der Waals surface area contributed by atoms with Crippen molar-refractivity contribution in [3.05, 3.63) is 212 Å². The molecule has 240 valence electrons. The van der Waals surface area contributed by atoms with Crippen LogP contribution in [-0.4, -0.2) is 0 Å². The Morgan fingerprint density at radius 3 is 1.12 bits per heavy atom. The molecule has 0 atom stereocenters. The van der Waals surface area contributed by atoms with Gasteiger partial charge in [-0.15, -0.1) is 0 Å². The van der Waals surface area contributed by atoms with Crippen LogP contribution in [0.4, 0.5) is 17.1 Å². The van der Waals surface area contributed by atoms with Crippen molar-refractivity contribution in [2.45, 2.75) is 0 Å². The Labute approximate surface area is 299 Å². The fourth-order valence-electron chi connectivity index (χ4n) is 7.34. The predicted molar refractivity (Wildman–Crippen MR) is 218 cm³/mol. The first-order valence-corrected chi connectivity index (χ1v) is 17.5. The molecule has 0 amide bonds. The van der Waals surface area contributed by atoms with Gasteiger partial charge in [0.05, 0.1) is 0 Å². The summed E-state index contributed by atoms with van der Waals surface area (Å²) in [5.74, 6) is 0. The van der Waals surface area contributed by atoms with Crippen molar-refractivity contribution in [1.82, 2.24) is 0 Å². The van der Waals surface area contributed by atoms with E-state index < -0.39 is 0 Å². The van der Waals surface area contributed by atoms with E-state index in [1.807, 2.05) is 0 Å². The van der Waals surface area contributed by atoms with Gasteiger partial charge in [0.25, 0.3) is 0 Å². The van der Waals surface area contributed by atoms with Crippen LogP contribution in [0.1, 0.15) is 0 Å². The molecule has 0 unspecified atom stereocenters. The summed E-state index contributed by atoms with van der Waals surface area (Å²) in [6.45, 7) is 0. The number of rotatable bonds is 7. The summed E-state index contributed by atoms with van der Waals surface area (Å²) in [6, 6.07) is 76.7. The zero-order chi connectivity index (χ0) is 34.0. The molecule has 9 aromatic rings. The average molecular weight is 650 g/mol. The molecule has 9 aromatic carbocycles. The highest BCUT2D eigenvalue weighted by Gasteiger charge is 2.17. The lowest BCUT2D eigenvalue weighted by Gasteiger charge is -2.27. The van der Waals surface area contributed by atoms with Gasteiger partial charge in [-0.25, -0.2) is 0 Å². The third-order valence-corrected chi connectivity index (χ3v) is 9.84. The molecular formula is C50H35N. The Balaban J connectivity index is 1.18. The Morgan fingerprint density at radius 1 is 0.235 bits per heavy atom. The molecule has 1 nitrogen and oxygen atoms in total. The van der Waals surface area contributed by atoms with Crippen LogP contribution < -0.4 is 4.90 Å². The largest absolute Gasteiger partial charge is 0.310 e. The third kappa shape index (κ3) is 5.96. The van der Waals surface area contributed by atoms with Crippen LogP contribution in [0.5, 0.6) is 0 Å². The van der Waals surface area contributed by atoms with Gasteiger partial charge in [0.15, 0.2) is 0 Å². The zero-order valence-corrected chi connectivity index (χ0v) is 28.2. The summed E-state index contributed by atoms with van der Waals surface area (Å²) in [5.41, 5.74) is 12.9. The molecule has 0 fully saturated rings. The van der Waals surface area contributed by atoms with E-state index in [1.165, 1.54) is 66.1 Å². The fraction of sp³-hybridized carbons (Fsp3) is 0. The molecule has 0 heterocycles. The second-order valence-corrected chi connectivity index (χ2v) is 13.0. The minimum atomic E-state index is 1.10. The summed E-state index contributed by atoms with van der Waals surface area (Å²) in [4.78, 5) is 2.39. The standard InChI is InChI=1S/C50H35N/c1-2-13-36(14-3-1)37-29-31-38(32-30-37)41-19-8-22-44(33-41)51(45-23-9-20-42(34-45)49-27-11-17-39-15-4-6-25-47(39)49)46-24-10-21-43(35-46)50-28-12-18-40-16-5-7-26-48(40)50/h1-35H. The molecule has 9 rings (SSSR count). The second-order valence-electron chi connectivity index (χ2n) is 13.0. The monoisotopic (exact) mass is 649 g/mol. The summed E-state index contributed by atoms with van der Waals surface area (Å²) in [6.07, 6.45) is 0. The molecule has 0 aliphatic carbocycles. The summed E-state index contributed by atoms with van der Waals surface area (Å²) >= 11 is 0. The van der Waals surface area contributed by atoms with Crippen LogP contribution in [0.3, 0.4) is 0 Å². The highest BCUT2D eigenvalue weighted by molar-refractivity contribution is 5.99. The van der Waals surface area contributed by atoms with E-state index in [0.29, 0.717) is 0 Å². The highest BCUT2D eigenvalue weighted by Crippen LogP contribution is 2.41. The number of fused-ring (bicyclic) bond motifs is 2. The van der Waals surface area contributed by atoms with E-state index in [1.54, 1.807) is 0 Å². The molecule has 0 bridgehead atoms. The molecule has 1 heteroatoms. The van der Waals surface area contributed by atoms with Crippen LogP contribution in [-0.2, 0) is 0 Å². The molecule has 51 heavy (non-hydrogen) atoms. The molecule has 0 N–H and O–H groups in total. The second kappa shape index (κ2) is 13.3. The maximum absolute atomic E-state index is 2.39. The highest BCUT2D eigenvalue weighted by atomic mass is 15.1. The van der Waals surface area contributed by atoms with Gasteiger partial charge in [-0.3, -0.25) is 0 Å². The Hall–Kier alpha value is -6.70. The number of anilines is 3. The van der Waals surface area contributed by atoms with Crippen LogP contribution in [0.2, 0.25) is 0 Å². The number of hydrogen-bond donors (Lipinski definition) is 0. The first kappa shape index (κ1) is 30.4. The van der Waals surface area contributed by atoms with Crippen molar-refractivity contribution in [1.29, 1.82) is 0 Å². The normalized spacial score (nSPS) is 11.1. The minimum Gasteiger partial charge on any atom is -0.310 e. The van der Waals surface area contributed by atoms with Gasteiger partial charge < -0.3 is 4.90 Å². The van der Waals surface area contributed by atoms with E-state index in [2.05, 4.69) is 217 Å². The van der Waals surface area contributed by atoms with Gasteiger partial charge >= 0.3 is 0 Å².